The van der Waals surface area contributed by atoms with Gasteiger partial charge in [-0.3, -0.25) is 10.1 Å². The van der Waals surface area contributed by atoms with Crippen molar-refractivity contribution < 1.29 is 13.7 Å². The minimum atomic E-state index is -3.33. The van der Waals surface area contributed by atoms with Gasteiger partial charge in [-0.2, -0.15) is 8.78 Å². The number of aromatic amines is 1. The Balaban J connectivity index is 2.51. The Morgan fingerprint density at radius 1 is 1.44 bits per heavy atom. The molecule has 0 saturated carbocycles. The number of nitro groups is 1. The summed E-state index contributed by atoms with van der Waals surface area (Å²) in [5, 5.41) is 11.1. The molecular weight excluding hydrogens is 310 g/mol. The molecule has 0 aliphatic carbocycles. The van der Waals surface area contributed by atoms with Crippen LogP contribution in [0, 0.1) is 10.1 Å². The van der Waals surface area contributed by atoms with Crippen molar-refractivity contribution in [1.82, 2.24) is 4.98 Å². The van der Waals surface area contributed by atoms with Gasteiger partial charge in [-0.1, -0.05) is 18.2 Å². The van der Waals surface area contributed by atoms with Crippen LogP contribution in [0.4, 0.5) is 8.78 Å². The van der Waals surface area contributed by atoms with Crippen LogP contribution in [0.15, 0.2) is 30.5 Å². The average molecular weight is 319 g/mol. The third kappa shape index (κ3) is 2.50. The van der Waals surface area contributed by atoms with Gasteiger partial charge in [-0.15, -0.1) is 0 Å². The summed E-state index contributed by atoms with van der Waals surface area (Å²) in [6.07, 6.45) is 1.40. The fourth-order valence-corrected chi connectivity index (χ4v) is 2.30. The number of halogens is 3. The highest BCUT2D eigenvalue weighted by molar-refractivity contribution is 9.10. The van der Waals surface area contributed by atoms with E-state index in [1.807, 2.05) is 0 Å². The standard InChI is InChI=1S/C11H9BrF2N2O2/c12-11(13,14)9(6-16(17)18)8-5-15-10-4-2-1-3-7(8)10/h1-5,9,15H,6H2. The molecule has 1 aromatic heterocycles. The zero-order valence-corrected chi connectivity index (χ0v) is 10.7. The Labute approximate surface area is 109 Å². The van der Waals surface area contributed by atoms with Crippen LogP contribution in [-0.4, -0.2) is 21.3 Å². The molecule has 0 radical (unpaired) electrons. The first-order valence-corrected chi connectivity index (χ1v) is 5.93. The van der Waals surface area contributed by atoms with Crippen molar-refractivity contribution in [3.05, 3.63) is 46.1 Å². The quantitative estimate of drug-likeness (QED) is 0.532. The predicted octanol–water partition coefficient (Wildman–Crippen LogP) is 3.52. The molecule has 0 aliphatic rings. The number of hydrogen-bond donors (Lipinski definition) is 1. The summed E-state index contributed by atoms with van der Waals surface area (Å²) < 4.78 is 26.9. The summed E-state index contributed by atoms with van der Waals surface area (Å²) in [7, 11) is 0. The van der Waals surface area contributed by atoms with Crippen LogP contribution in [-0.2, 0) is 0 Å². The van der Waals surface area contributed by atoms with Gasteiger partial charge in [0.1, 0.15) is 5.92 Å². The summed E-state index contributed by atoms with van der Waals surface area (Å²) in [5.74, 6) is -1.51. The molecule has 4 nitrogen and oxygen atoms in total. The number of para-hydroxylation sites is 1. The monoisotopic (exact) mass is 318 g/mol. The molecule has 0 aliphatic heterocycles. The number of nitrogens with zero attached hydrogens (tertiary/aromatic N) is 1. The first-order valence-electron chi connectivity index (χ1n) is 5.14. The molecule has 1 heterocycles. The number of benzene rings is 1. The van der Waals surface area contributed by atoms with Gasteiger partial charge in [0.2, 0.25) is 6.54 Å². The molecular formula is C11H9BrF2N2O2. The first-order chi connectivity index (χ1) is 8.39. The average Bonchev–Trinajstić information content (AvgIpc) is 2.67. The summed E-state index contributed by atoms with van der Waals surface area (Å²) in [6.45, 7) is -0.833. The topological polar surface area (TPSA) is 58.9 Å². The molecule has 7 heteroatoms. The van der Waals surface area contributed by atoms with E-state index in [0.29, 0.717) is 10.9 Å². The van der Waals surface area contributed by atoms with Gasteiger partial charge >= 0.3 is 4.83 Å². The molecule has 0 bridgehead atoms. The largest absolute Gasteiger partial charge is 0.361 e. The lowest BCUT2D eigenvalue weighted by Crippen LogP contribution is -2.26. The molecule has 0 fully saturated rings. The van der Waals surface area contributed by atoms with E-state index in [4.69, 9.17) is 0 Å². The van der Waals surface area contributed by atoms with Gasteiger partial charge in [-0.05, 0) is 27.6 Å². The maximum atomic E-state index is 13.4. The Kier molecular flexibility index (Phi) is 3.34. The lowest BCUT2D eigenvalue weighted by Gasteiger charge is -2.17. The molecule has 1 aromatic carbocycles. The van der Waals surface area contributed by atoms with Crippen molar-refractivity contribution in [2.75, 3.05) is 6.54 Å². The smallest absolute Gasteiger partial charge is 0.314 e. The van der Waals surface area contributed by atoms with E-state index in [9.17, 15) is 18.9 Å². The fraction of sp³-hybridized carbons (Fsp3) is 0.273. The van der Waals surface area contributed by atoms with Crippen molar-refractivity contribution in [2.24, 2.45) is 0 Å². The van der Waals surface area contributed by atoms with E-state index in [1.54, 1.807) is 24.3 Å². The lowest BCUT2D eigenvalue weighted by molar-refractivity contribution is -0.486. The second kappa shape index (κ2) is 4.64. The molecule has 0 spiro atoms. The van der Waals surface area contributed by atoms with Gasteiger partial charge in [0.15, 0.2) is 0 Å². The van der Waals surface area contributed by atoms with E-state index in [2.05, 4.69) is 20.9 Å². The van der Waals surface area contributed by atoms with Gasteiger partial charge in [-0.25, -0.2) is 0 Å². The number of fused-ring (bicyclic) bond motifs is 1. The molecule has 1 unspecified atom stereocenters. The second-order valence-corrected chi connectivity index (χ2v) is 4.96. The Morgan fingerprint density at radius 2 is 2.11 bits per heavy atom. The van der Waals surface area contributed by atoms with Crippen molar-refractivity contribution in [3.8, 4) is 0 Å². The van der Waals surface area contributed by atoms with E-state index in [-0.39, 0.29) is 5.56 Å². The SMILES string of the molecule is O=[N+]([O-])CC(c1c[nH]c2ccccc12)C(F)(F)Br. The van der Waals surface area contributed by atoms with Crippen LogP contribution in [0.25, 0.3) is 10.9 Å². The van der Waals surface area contributed by atoms with E-state index < -0.39 is 22.2 Å². The zero-order chi connectivity index (χ0) is 13.3. The molecule has 96 valence electrons. The highest BCUT2D eigenvalue weighted by Crippen LogP contribution is 2.41. The van der Waals surface area contributed by atoms with Crippen molar-refractivity contribution >= 4 is 26.8 Å². The number of H-pyrrole nitrogens is 1. The van der Waals surface area contributed by atoms with Gasteiger partial charge in [0.25, 0.3) is 0 Å². The minimum Gasteiger partial charge on any atom is -0.361 e. The summed E-state index contributed by atoms with van der Waals surface area (Å²) in [4.78, 5) is 9.30. The maximum Gasteiger partial charge on any atom is 0.314 e. The molecule has 0 amide bonds. The third-order valence-corrected chi connectivity index (χ3v) is 3.28. The van der Waals surface area contributed by atoms with E-state index in [0.717, 1.165) is 0 Å². The van der Waals surface area contributed by atoms with Crippen LogP contribution >= 0.6 is 15.9 Å². The van der Waals surface area contributed by atoms with Crippen molar-refractivity contribution in [3.63, 3.8) is 0 Å². The Bertz CT molecular complexity index is 580. The molecule has 0 saturated heterocycles. The number of aromatic nitrogens is 1. The highest BCUT2D eigenvalue weighted by Gasteiger charge is 2.42. The number of alkyl halides is 3. The number of rotatable bonds is 4. The zero-order valence-electron chi connectivity index (χ0n) is 9.07. The second-order valence-electron chi connectivity index (χ2n) is 3.90. The van der Waals surface area contributed by atoms with Gasteiger partial charge < -0.3 is 4.98 Å². The predicted molar refractivity (Wildman–Crippen MR) is 66.8 cm³/mol. The molecule has 1 atom stereocenters. The highest BCUT2D eigenvalue weighted by atomic mass is 79.9. The van der Waals surface area contributed by atoms with E-state index in [1.165, 1.54) is 6.20 Å². The van der Waals surface area contributed by atoms with E-state index >= 15 is 0 Å². The third-order valence-electron chi connectivity index (χ3n) is 2.72. The molecule has 2 rings (SSSR count). The normalized spacial score (nSPS) is 13.7. The fourth-order valence-electron chi connectivity index (χ4n) is 1.91. The summed E-state index contributed by atoms with van der Waals surface area (Å²) in [5.41, 5.74) is 0.918. The van der Waals surface area contributed by atoms with Crippen LogP contribution in [0.1, 0.15) is 11.5 Å². The van der Waals surface area contributed by atoms with Crippen molar-refractivity contribution in [1.29, 1.82) is 0 Å². The van der Waals surface area contributed by atoms with Crippen LogP contribution in [0.3, 0.4) is 0 Å². The van der Waals surface area contributed by atoms with Crippen LogP contribution < -0.4 is 0 Å². The Hall–Kier alpha value is -1.50. The molecule has 1 N–H and O–H groups in total. The van der Waals surface area contributed by atoms with Crippen molar-refractivity contribution in [2.45, 2.75) is 10.7 Å². The number of hydrogen-bond acceptors (Lipinski definition) is 2. The minimum absolute atomic E-state index is 0.240. The van der Waals surface area contributed by atoms with Crippen LogP contribution in [0.5, 0.6) is 0 Å². The lowest BCUT2D eigenvalue weighted by atomic mass is 9.99. The molecule has 18 heavy (non-hydrogen) atoms. The van der Waals surface area contributed by atoms with Gasteiger partial charge in [0.05, 0.1) is 0 Å². The summed E-state index contributed by atoms with van der Waals surface area (Å²) in [6, 6.07) is 6.86. The Morgan fingerprint density at radius 3 is 2.72 bits per heavy atom. The molecule has 2 aromatic rings. The van der Waals surface area contributed by atoms with Crippen LogP contribution in [0.2, 0.25) is 0 Å². The van der Waals surface area contributed by atoms with Gasteiger partial charge in [0, 0.05) is 22.0 Å². The summed E-state index contributed by atoms with van der Waals surface area (Å²) >= 11 is 2.23. The first kappa shape index (κ1) is 12.9. The maximum absolute atomic E-state index is 13.4. The number of nitrogens with one attached hydrogen (secondary N) is 1.